The summed E-state index contributed by atoms with van der Waals surface area (Å²) in [6, 6.07) is 7.62. The fourth-order valence-electron chi connectivity index (χ4n) is 3.47. The molecule has 3 rings (SSSR count). The van der Waals surface area contributed by atoms with E-state index in [9.17, 15) is 28.4 Å². The van der Waals surface area contributed by atoms with Gasteiger partial charge in [0.1, 0.15) is 5.75 Å². The zero-order valence-electron chi connectivity index (χ0n) is 16.0. The highest BCUT2D eigenvalue weighted by Gasteiger charge is 2.32. The second kappa shape index (κ2) is 8.76. The zero-order valence-corrected chi connectivity index (χ0v) is 16.0. The molecule has 1 fully saturated rings. The highest BCUT2D eigenvalue weighted by Crippen LogP contribution is 2.41. The van der Waals surface area contributed by atoms with Crippen LogP contribution in [0.1, 0.15) is 17.2 Å². The minimum Gasteiger partial charge on any atom is -0.500 e. The van der Waals surface area contributed by atoms with Crippen LogP contribution >= 0.6 is 0 Å². The fraction of sp³-hybridized carbons (Fsp3) is 0.368. The van der Waals surface area contributed by atoms with Crippen LogP contribution in [-0.4, -0.2) is 54.6 Å². The maximum atomic E-state index is 12.5. The Labute approximate surface area is 170 Å². The molecule has 0 amide bonds. The molecule has 162 valence electrons. The highest BCUT2D eigenvalue weighted by molar-refractivity contribution is 5.58. The van der Waals surface area contributed by atoms with Gasteiger partial charge in [0, 0.05) is 32.2 Å². The molecule has 1 aliphatic heterocycles. The molecule has 30 heavy (non-hydrogen) atoms. The predicted octanol–water partition coefficient (Wildman–Crippen LogP) is 3.20. The van der Waals surface area contributed by atoms with Crippen LogP contribution in [0.3, 0.4) is 0 Å². The number of benzene rings is 2. The third kappa shape index (κ3) is 4.92. The van der Waals surface area contributed by atoms with Gasteiger partial charge in [-0.05, 0) is 29.3 Å². The molecule has 1 atom stereocenters. The lowest BCUT2D eigenvalue weighted by molar-refractivity contribution is -0.386. The second-order valence-electron chi connectivity index (χ2n) is 6.65. The number of ether oxygens (including phenoxy) is 2. The number of phenols is 1. The molecule has 8 nitrogen and oxygen atoms in total. The van der Waals surface area contributed by atoms with E-state index in [2.05, 4.69) is 10.1 Å². The van der Waals surface area contributed by atoms with Crippen molar-refractivity contribution >= 4 is 5.69 Å². The van der Waals surface area contributed by atoms with E-state index in [1.807, 2.05) is 4.90 Å². The first-order chi connectivity index (χ1) is 14.2. The van der Waals surface area contributed by atoms with Gasteiger partial charge in [-0.3, -0.25) is 15.0 Å². The van der Waals surface area contributed by atoms with Gasteiger partial charge in [0.2, 0.25) is 5.75 Å². The van der Waals surface area contributed by atoms with Crippen LogP contribution in [0.2, 0.25) is 0 Å². The number of hydrogen-bond donors (Lipinski definition) is 2. The van der Waals surface area contributed by atoms with Gasteiger partial charge < -0.3 is 19.9 Å². The van der Waals surface area contributed by atoms with Crippen LogP contribution in [0, 0.1) is 10.1 Å². The van der Waals surface area contributed by atoms with Gasteiger partial charge in [0.05, 0.1) is 18.1 Å². The van der Waals surface area contributed by atoms with Gasteiger partial charge in [0.15, 0.2) is 5.75 Å². The lowest BCUT2D eigenvalue weighted by atomic mass is 9.95. The van der Waals surface area contributed by atoms with Crippen LogP contribution in [0.4, 0.5) is 18.9 Å². The molecule has 1 saturated heterocycles. The van der Waals surface area contributed by atoms with Crippen molar-refractivity contribution in [1.29, 1.82) is 0 Å². The zero-order chi connectivity index (χ0) is 21.9. The molecule has 2 N–H and O–H groups in total. The second-order valence-corrected chi connectivity index (χ2v) is 6.65. The van der Waals surface area contributed by atoms with Crippen LogP contribution in [0.5, 0.6) is 17.2 Å². The third-order valence-corrected chi connectivity index (χ3v) is 4.76. The number of methoxy groups -OCH3 is 1. The van der Waals surface area contributed by atoms with Crippen molar-refractivity contribution in [3.8, 4) is 17.2 Å². The minimum atomic E-state index is -4.80. The average molecular weight is 427 g/mol. The molecule has 0 radical (unpaired) electrons. The van der Waals surface area contributed by atoms with Crippen molar-refractivity contribution < 1.29 is 32.7 Å². The maximum Gasteiger partial charge on any atom is 0.573 e. The molecule has 0 spiro atoms. The van der Waals surface area contributed by atoms with Crippen molar-refractivity contribution in [2.45, 2.75) is 12.4 Å². The number of halogens is 3. The van der Waals surface area contributed by atoms with E-state index in [4.69, 9.17) is 4.74 Å². The summed E-state index contributed by atoms with van der Waals surface area (Å²) < 4.78 is 46.4. The van der Waals surface area contributed by atoms with E-state index in [0.717, 1.165) is 0 Å². The molecule has 0 bridgehead atoms. The monoisotopic (exact) mass is 427 g/mol. The summed E-state index contributed by atoms with van der Waals surface area (Å²) >= 11 is 0. The summed E-state index contributed by atoms with van der Waals surface area (Å²) in [5.41, 5.74) is 0.581. The Morgan fingerprint density at radius 2 is 1.80 bits per heavy atom. The van der Waals surface area contributed by atoms with E-state index < -0.39 is 28.8 Å². The first-order valence-corrected chi connectivity index (χ1v) is 9.05. The summed E-state index contributed by atoms with van der Waals surface area (Å²) in [7, 11) is 1.28. The summed E-state index contributed by atoms with van der Waals surface area (Å²) in [5, 5.41) is 24.7. The number of nitrogens with zero attached hydrogens (tertiary/aromatic N) is 2. The van der Waals surface area contributed by atoms with Crippen molar-refractivity contribution in [2.24, 2.45) is 0 Å². The first-order valence-electron chi connectivity index (χ1n) is 9.05. The summed E-state index contributed by atoms with van der Waals surface area (Å²) in [4.78, 5) is 12.7. The van der Waals surface area contributed by atoms with E-state index in [0.29, 0.717) is 37.3 Å². The number of nitro benzene ring substituents is 1. The third-order valence-electron chi connectivity index (χ3n) is 4.76. The average Bonchev–Trinajstić information content (AvgIpc) is 2.70. The van der Waals surface area contributed by atoms with Crippen LogP contribution in [0.15, 0.2) is 36.4 Å². The Morgan fingerprint density at radius 3 is 2.33 bits per heavy atom. The van der Waals surface area contributed by atoms with E-state index in [1.54, 1.807) is 0 Å². The Bertz CT molecular complexity index is 900. The van der Waals surface area contributed by atoms with Gasteiger partial charge in [-0.1, -0.05) is 12.1 Å². The van der Waals surface area contributed by atoms with E-state index >= 15 is 0 Å². The molecule has 2 aromatic rings. The molecule has 0 saturated carbocycles. The van der Waals surface area contributed by atoms with Crippen molar-refractivity contribution in [1.82, 2.24) is 10.2 Å². The van der Waals surface area contributed by atoms with Gasteiger partial charge in [-0.25, -0.2) is 0 Å². The molecular weight excluding hydrogens is 407 g/mol. The molecule has 1 aliphatic rings. The standard InChI is InChI=1S/C19H20F3N3O5/c1-29-16-11-13(10-15(18(16)26)25(27)28)17(24-8-6-23-7-9-24)12-2-4-14(5-3-12)30-19(20,21)22/h2-5,10-11,17,23,26H,6-9H2,1H3/t17-/m1/s1. The van der Waals surface area contributed by atoms with E-state index in [-0.39, 0.29) is 11.5 Å². The normalized spacial score (nSPS) is 16.1. The number of hydrogen-bond acceptors (Lipinski definition) is 7. The Morgan fingerprint density at radius 1 is 1.17 bits per heavy atom. The van der Waals surface area contributed by atoms with E-state index in [1.165, 1.54) is 43.5 Å². The molecule has 0 unspecified atom stereocenters. The Hall–Kier alpha value is -3.05. The van der Waals surface area contributed by atoms with Crippen LogP contribution in [-0.2, 0) is 0 Å². The highest BCUT2D eigenvalue weighted by atomic mass is 19.4. The smallest absolute Gasteiger partial charge is 0.500 e. The van der Waals surface area contributed by atoms with Crippen LogP contribution < -0.4 is 14.8 Å². The summed E-state index contributed by atoms with van der Waals surface area (Å²) in [6.45, 7) is 2.59. The molecule has 0 aromatic heterocycles. The maximum absolute atomic E-state index is 12.5. The summed E-state index contributed by atoms with van der Waals surface area (Å²) in [5.74, 6) is -1.00. The van der Waals surface area contributed by atoms with Crippen molar-refractivity contribution in [2.75, 3.05) is 33.3 Å². The number of piperazine rings is 1. The number of aromatic hydroxyl groups is 1. The fourth-order valence-corrected chi connectivity index (χ4v) is 3.47. The lowest BCUT2D eigenvalue weighted by Crippen LogP contribution is -2.45. The molecule has 1 heterocycles. The van der Waals surface area contributed by atoms with Gasteiger partial charge in [-0.15, -0.1) is 13.2 Å². The molecule has 2 aromatic carbocycles. The largest absolute Gasteiger partial charge is 0.573 e. The molecule has 0 aliphatic carbocycles. The predicted molar refractivity (Wildman–Crippen MR) is 101 cm³/mol. The number of nitrogens with one attached hydrogen (secondary N) is 1. The number of alkyl halides is 3. The lowest BCUT2D eigenvalue weighted by Gasteiger charge is -2.35. The number of phenolic OH excluding ortho intramolecular Hbond substituents is 1. The van der Waals surface area contributed by atoms with Gasteiger partial charge in [-0.2, -0.15) is 0 Å². The Balaban J connectivity index is 2.06. The van der Waals surface area contributed by atoms with Crippen molar-refractivity contribution in [3.05, 3.63) is 57.6 Å². The summed E-state index contributed by atoms with van der Waals surface area (Å²) in [6.07, 6.45) is -4.80. The first kappa shape index (κ1) is 21.7. The van der Waals surface area contributed by atoms with Crippen LogP contribution in [0.25, 0.3) is 0 Å². The molecule has 11 heteroatoms. The van der Waals surface area contributed by atoms with Crippen molar-refractivity contribution in [3.63, 3.8) is 0 Å². The quantitative estimate of drug-likeness (QED) is 0.540. The number of rotatable bonds is 6. The number of nitro groups is 1. The van der Waals surface area contributed by atoms with Gasteiger partial charge >= 0.3 is 12.0 Å². The minimum absolute atomic E-state index is 0.0589. The van der Waals surface area contributed by atoms with Gasteiger partial charge in [0.25, 0.3) is 0 Å². The Kier molecular flexibility index (Phi) is 6.32. The SMILES string of the molecule is COc1cc([C@@H](c2ccc(OC(F)(F)F)cc2)N2CCNCC2)cc([N+](=O)[O-])c1O. The topological polar surface area (TPSA) is 97.1 Å². The molecular formula is C19H20F3N3O5.